The number of aromatic nitrogens is 1. The summed E-state index contributed by atoms with van der Waals surface area (Å²) in [6, 6.07) is 15.4. The Hall–Kier alpha value is -4.86. The van der Waals surface area contributed by atoms with E-state index in [4.69, 9.17) is 9.47 Å². The summed E-state index contributed by atoms with van der Waals surface area (Å²) in [5.41, 5.74) is 0.0224. The number of anilines is 2. The van der Waals surface area contributed by atoms with Crippen molar-refractivity contribution in [3.8, 4) is 11.5 Å². The quantitative estimate of drug-likeness (QED) is 0.249. The van der Waals surface area contributed by atoms with Crippen molar-refractivity contribution < 1.29 is 32.6 Å². The molecule has 3 aromatic carbocycles. The van der Waals surface area contributed by atoms with Crippen molar-refractivity contribution in [2.45, 2.75) is 12.8 Å². The first kappa shape index (κ1) is 24.8. The van der Waals surface area contributed by atoms with Crippen LogP contribution in [-0.4, -0.2) is 29.9 Å². The normalized spacial score (nSPS) is 13.4. The van der Waals surface area contributed by atoms with Crippen LogP contribution in [0, 0.1) is 17.0 Å². The number of ether oxygens (including phenoxy) is 2. The predicted molar refractivity (Wildman–Crippen MR) is 135 cm³/mol. The molecule has 10 heteroatoms. The smallest absolute Gasteiger partial charge is 0.337 e. The van der Waals surface area contributed by atoms with Gasteiger partial charge < -0.3 is 20.1 Å². The number of carbonyl (C=O) groups excluding carboxylic acids is 3. The highest BCUT2D eigenvalue weighted by Crippen LogP contribution is 2.47. The summed E-state index contributed by atoms with van der Waals surface area (Å²) >= 11 is 0. The lowest BCUT2D eigenvalue weighted by Gasteiger charge is -2.16. The van der Waals surface area contributed by atoms with Crippen LogP contribution in [0.3, 0.4) is 0 Å². The van der Waals surface area contributed by atoms with Crippen LogP contribution in [0.1, 0.15) is 23.2 Å². The Morgan fingerprint density at radius 2 is 1.53 bits per heavy atom. The number of esters is 1. The molecule has 2 amide bonds. The molecular formula is C28H21F2N3O5. The Bertz CT molecular complexity index is 1570. The Balaban J connectivity index is 1.29. The van der Waals surface area contributed by atoms with E-state index >= 15 is 0 Å². The fourth-order valence-corrected chi connectivity index (χ4v) is 3.95. The van der Waals surface area contributed by atoms with Crippen LogP contribution in [0.2, 0.25) is 0 Å². The van der Waals surface area contributed by atoms with Crippen molar-refractivity contribution in [2.75, 3.05) is 17.7 Å². The van der Waals surface area contributed by atoms with Gasteiger partial charge in [-0.3, -0.25) is 14.6 Å². The Morgan fingerprint density at radius 3 is 2.18 bits per heavy atom. The van der Waals surface area contributed by atoms with E-state index in [1.165, 1.54) is 49.7 Å². The molecule has 1 aliphatic rings. The molecular weight excluding hydrogens is 496 g/mol. The Kier molecular flexibility index (Phi) is 6.46. The highest BCUT2D eigenvalue weighted by atomic mass is 19.1. The van der Waals surface area contributed by atoms with Crippen LogP contribution >= 0.6 is 0 Å². The second-order valence-corrected chi connectivity index (χ2v) is 8.78. The van der Waals surface area contributed by atoms with Crippen molar-refractivity contribution in [2.24, 2.45) is 5.41 Å². The second-order valence-electron chi connectivity index (χ2n) is 8.78. The number of halogens is 2. The summed E-state index contributed by atoms with van der Waals surface area (Å²) in [5.74, 6) is -2.54. The van der Waals surface area contributed by atoms with Crippen molar-refractivity contribution in [1.29, 1.82) is 0 Å². The minimum atomic E-state index is -1.28. The molecule has 38 heavy (non-hydrogen) atoms. The van der Waals surface area contributed by atoms with Gasteiger partial charge in [-0.25, -0.2) is 13.6 Å². The lowest BCUT2D eigenvalue weighted by molar-refractivity contribution is -0.131. The number of amides is 2. The van der Waals surface area contributed by atoms with Crippen LogP contribution in [0.4, 0.5) is 20.2 Å². The zero-order chi connectivity index (χ0) is 26.9. The molecule has 8 nitrogen and oxygen atoms in total. The largest absolute Gasteiger partial charge is 0.465 e. The summed E-state index contributed by atoms with van der Waals surface area (Å²) in [7, 11) is 1.28. The summed E-state index contributed by atoms with van der Waals surface area (Å²) < 4.78 is 38.5. The predicted octanol–water partition coefficient (Wildman–Crippen LogP) is 5.45. The highest BCUT2D eigenvalue weighted by Gasteiger charge is 2.56. The molecule has 0 saturated heterocycles. The summed E-state index contributed by atoms with van der Waals surface area (Å²) in [6.07, 6.45) is 2.14. The first-order valence-corrected chi connectivity index (χ1v) is 11.6. The minimum absolute atomic E-state index is 0.0947. The number of methoxy groups -OCH3 is 1. The van der Waals surface area contributed by atoms with Gasteiger partial charge in [0.25, 0.3) is 0 Å². The number of nitrogens with one attached hydrogen (secondary N) is 2. The molecule has 0 radical (unpaired) electrons. The van der Waals surface area contributed by atoms with E-state index in [2.05, 4.69) is 15.6 Å². The highest BCUT2D eigenvalue weighted by molar-refractivity contribution is 6.16. The van der Waals surface area contributed by atoms with Gasteiger partial charge in [-0.15, -0.1) is 0 Å². The number of nitrogens with zero attached hydrogens (tertiary/aromatic N) is 1. The van der Waals surface area contributed by atoms with Gasteiger partial charge in [-0.1, -0.05) is 0 Å². The standard InChI is InChI=1S/C28H21F2N3O5/c1-37-25(34)16-2-8-20-22(14-16)31-13-10-23(20)38-24-9-7-19(15-21(24)30)33-27(36)28(11-12-28)26(35)32-18-5-3-17(29)4-6-18/h2-10,13-15H,11-12H2,1H3,(H,32,35)(H,33,36). The summed E-state index contributed by atoms with van der Waals surface area (Å²) in [4.78, 5) is 41.6. The molecule has 0 aliphatic heterocycles. The van der Waals surface area contributed by atoms with E-state index in [9.17, 15) is 23.2 Å². The molecule has 5 rings (SSSR count). The van der Waals surface area contributed by atoms with Crippen molar-refractivity contribution >= 4 is 40.1 Å². The molecule has 2 N–H and O–H groups in total. The molecule has 0 atom stereocenters. The van der Waals surface area contributed by atoms with E-state index in [0.29, 0.717) is 40.7 Å². The lowest BCUT2D eigenvalue weighted by Crippen LogP contribution is -2.35. The van der Waals surface area contributed by atoms with Gasteiger partial charge >= 0.3 is 5.97 Å². The molecule has 1 saturated carbocycles. The molecule has 0 unspecified atom stereocenters. The molecule has 1 aliphatic carbocycles. The zero-order valence-corrected chi connectivity index (χ0v) is 20.1. The molecule has 0 spiro atoms. The van der Waals surface area contributed by atoms with Crippen molar-refractivity contribution in [3.63, 3.8) is 0 Å². The monoisotopic (exact) mass is 517 g/mol. The van der Waals surface area contributed by atoms with Gasteiger partial charge in [0, 0.05) is 29.0 Å². The van der Waals surface area contributed by atoms with Crippen molar-refractivity contribution in [3.05, 3.63) is 90.1 Å². The molecule has 0 bridgehead atoms. The van der Waals surface area contributed by atoms with E-state index in [1.54, 1.807) is 24.3 Å². The maximum absolute atomic E-state index is 14.9. The number of rotatable bonds is 7. The van der Waals surface area contributed by atoms with Crippen LogP contribution in [-0.2, 0) is 14.3 Å². The summed E-state index contributed by atoms with van der Waals surface area (Å²) in [6.45, 7) is 0. The lowest BCUT2D eigenvalue weighted by atomic mass is 10.0. The van der Waals surface area contributed by atoms with Crippen LogP contribution < -0.4 is 15.4 Å². The van der Waals surface area contributed by atoms with Gasteiger partial charge in [0.05, 0.1) is 18.2 Å². The van der Waals surface area contributed by atoms with Crippen LogP contribution in [0.5, 0.6) is 11.5 Å². The Labute approximate surface area is 215 Å². The van der Waals surface area contributed by atoms with Gasteiger partial charge in [-0.2, -0.15) is 0 Å². The van der Waals surface area contributed by atoms with Gasteiger partial charge in [-0.05, 0) is 73.5 Å². The second kappa shape index (κ2) is 9.89. The molecule has 192 valence electrons. The van der Waals surface area contributed by atoms with E-state index in [0.717, 1.165) is 6.07 Å². The topological polar surface area (TPSA) is 107 Å². The zero-order valence-electron chi connectivity index (χ0n) is 20.1. The molecule has 1 aromatic heterocycles. The number of pyridine rings is 1. The number of benzene rings is 3. The first-order valence-electron chi connectivity index (χ1n) is 11.6. The molecule has 1 heterocycles. The molecule has 4 aromatic rings. The van der Waals surface area contributed by atoms with E-state index in [-0.39, 0.29) is 11.4 Å². The third-order valence-electron chi connectivity index (χ3n) is 6.25. The van der Waals surface area contributed by atoms with Crippen LogP contribution in [0.25, 0.3) is 10.9 Å². The minimum Gasteiger partial charge on any atom is -0.465 e. The molecule has 1 fully saturated rings. The Morgan fingerprint density at radius 1 is 0.842 bits per heavy atom. The van der Waals surface area contributed by atoms with Gasteiger partial charge in [0.15, 0.2) is 11.6 Å². The summed E-state index contributed by atoms with van der Waals surface area (Å²) in [5, 5.41) is 5.77. The fourth-order valence-electron chi connectivity index (χ4n) is 3.95. The maximum Gasteiger partial charge on any atom is 0.337 e. The number of carbonyl (C=O) groups is 3. The van der Waals surface area contributed by atoms with Gasteiger partial charge in [0.1, 0.15) is 17.0 Å². The van der Waals surface area contributed by atoms with Crippen LogP contribution in [0.15, 0.2) is 72.9 Å². The average molecular weight is 517 g/mol. The fraction of sp³-hybridized carbons (Fsp3) is 0.143. The maximum atomic E-state index is 14.9. The number of hydrogen-bond donors (Lipinski definition) is 2. The van der Waals surface area contributed by atoms with Gasteiger partial charge in [0.2, 0.25) is 11.8 Å². The first-order chi connectivity index (χ1) is 18.3. The third-order valence-corrected chi connectivity index (χ3v) is 6.25. The SMILES string of the molecule is COC(=O)c1ccc2c(Oc3ccc(NC(=O)C4(C(=O)Nc5ccc(F)cc5)CC4)cc3F)ccnc2c1. The average Bonchev–Trinajstić information content (AvgIpc) is 3.73. The number of fused-ring (bicyclic) bond motifs is 1. The van der Waals surface area contributed by atoms with Crippen molar-refractivity contribution in [1.82, 2.24) is 4.98 Å². The third kappa shape index (κ3) is 4.88. The number of hydrogen-bond acceptors (Lipinski definition) is 6. The van der Waals surface area contributed by atoms with E-state index < -0.39 is 34.8 Å². The van der Waals surface area contributed by atoms with E-state index in [1.807, 2.05) is 0 Å².